The minimum Gasteiger partial charge on any atom is -0.497 e. The molecule has 2 aromatic carbocycles. The number of hydrogen-bond acceptors (Lipinski definition) is 7. The molecule has 32 heavy (non-hydrogen) atoms. The topological polar surface area (TPSA) is 99.2 Å². The van der Waals surface area contributed by atoms with Gasteiger partial charge in [0.2, 0.25) is 11.8 Å². The van der Waals surface area contributed by atoms with E-state index in [1.165, 1.54) is 4.80 Å². The van der Waals surface area contributed by atoms with Gasteiger partial charge in [-0.2, -0.15) is 15.0 Å². The van der Waals surface area contributed by atoms with Gasteiger partial charge in [-0.25, -0.2) is 0 Å². The van der Waals surface area contributed by atoms with Crippen LogP contribution >= 0.6 is 0 Å². The maximum Gasteiger partial charge on any atom is 0.256 e. The molecule has 0 bridgehead atoms. The Bertz CT molecular complexity index is 1250. The van der Waals surface area contributed by atoms with Gasteiger partial charge in [-0.3, -0.25) is 4.79 Å². The maximum absolute atomic E-state index is 13.6. The SMILES string of the molecule is COc1cccc(-c2nnc([C@@H]3CCCN3C(=O)c3cc(C)ccc3-n3nccn3)o2)c1. The Kier molecular flexibility index (Phi) is 5.14. The van der Waals surface area contributed by atoms with Crippen molar-refractivity contribution in [1.29, 1.82) is 0 Å². The van der Waals surface area contributed by atoms with Gasteiger partial charge in [0, 0.05) is 12.1 Å². The third-order valence-electron chi connectivity index (χ3n) is 5.57. The molecule has 0 unspecified atom stereocenters. The molecule has 1 aliphatic rings. The van der Waals surface area contributed by atoms with Gasteiger partial charge in [-0.1, -0.05) is 17.7 Å². The minimum absolute atomic E-state index is 0.107. The van der Waals surface area contributed by atoms with Gasteiger partial charge in [0.05, 0.1) is 30.8 Å². The summed E-state index contributed by atoms with van der Waals surface area (Å²) in [5.74, 6) is 1.43. The summed E-state index contributed by atoms with van der Waals surface area (Å²) in [4.78, 5) is 16.9. The standard InChI is InChI=1S/C23H22N6O3/c1-15-8-9-19(29-24-10-11-25-29)18(13-15)23(30)28-12-4-7-20(28)22-27-26-21(32-22)16-5-3-6-17(14-16)31-2/h3,5-6,8-11,13-14,20H,4,7,12H2,1-2H3/t20-/m0/s1. The van der Waals surface area contributed by atoms with Crippen LogP contribution < -0.4 is 4.74 Å². The Hall–Kier alpha value is -4.01. The van der Waals surface area contributed by atoms with Crippen LogP contribution in [-0.2, 0) is 0 Å². The summed E-state index contributed by atoms with van der Waals surface area (Å²) in [5.41, 5.74) is 2.93. The Labute approximate surface area is 184 Å². The van der Waals surface area contributed by atoms with E-state index in [1.54, 1.807) is 24.4 Å². The van der Waals surface area contributed by atoms with Crippen LogP contribution in [0, 0.1) is 6.92 Å². The molecule has 0 spiro atoms. The average Bonchev–Trinajstić information content (AvgIpc) is 3.59. The first-order valence-corrected chi connectivity index (χ1v) is 10.4. The Morgan fingerprint density at radius 1 is 1.12 bits per heavy atom. The van der Waals surface area contributed by atoms with E-state index in [0.29, 0.717) is 35.3 Å². The normalized spacial score (nSPS) is 15.8. The Balaban J connectivity index is 1.46. The molecule has 0 saturated carbocycles. The molecule has 1 fully saturated rings. The van der Waals surface area contributed by atoms with Crippen molar-refractivity contribution in [3.63, 3.8) is 0 Å². The van der Waals surface area contributed by atoms with Crippen molar-refractivity contribution >= 4 is 5.91 Å². The second kappa shape index (κ2) is 8.26. The highest BCUT2D eigenvalue weighted by Gasteiger charge is 2.35. The second-order valence-corrected chi connectivity index (χ2v) is 7.67. The highest BCUT2D eigenvalue weighted by molar-refractivity contribution is 5.98. The highest BCUT2D eigenvalue weighted by atomic mass is 16.5. The van der Waals surface area contributed by atoms with Gasteiger partial charge in [0.25, 0.3) is 5.91 Å². The Morgan fingerprint density at radius 2 is 1.97 bits per heavy atom. The molecule has 0 radical (unpaired) electrons. The van der Waals surface area contributed by atoms with Gasteiger partial charge >= 0.3 is 0 Å². The molecule has 1 atom stereocenters. The smallest absolute Gasteiger partial charge is 0.256 e. The van der Waals surface area contributed by atoms with Gasteiger partial charge < -0.3 is 14.1 Å². The molecule has 1 aliphatic heterocycles. The first-order valence-electron chi connectivity index (χ1n) is 10.4. The summed E-state index contributed by atoms with van der Waals surface area (Å²) in [7, 11) is 1.61. The minimum atomic E-state index is -0.284. The quantitative estimate of drug-likeness (QED) is 0.477. The zero-order valence-electron chi connectivity index (χ0n) is 17.8. The lowest BCUT2D eigenvalue weighted by Crippen LogP contribution is -2.31. The molecular weight excluding hydrogens is 408 g/mol. The number of aryl methyl sites for hydroxylation is 1. The fourth-order valence-electron chi connectivity index (χ4n) is 4.00. The second-order valence-electron chi connectivity index (χ2n) is 7.67. The Morgan fingerprint density at radius 3 is 2.78 bits per heavy atom. The average molecular weight is 430 g/mol. The molecule has 1 saturated heterocycles. The van der Waals surface area contributed by atoms with E-state index in [-0.39, 0.29) is 11.9 Å². The lowest BCUT2D eigenvalue weighted by molar-refractivity contribution is 0.0715. The van der Waals surface area contributed by atoms with Crippen LogP contribution in [0.4, 0.5) is 0 Å². The number of likely N-dealkylation sites (tertiary alicyclic amines) is 1. The zero-order chi connectivity index (χ0) is 22.1. The molecule has 5 rings (SSSR count). The third-order valence-corrected chi connectivity index (χ3v) is 5.57. The number of rotatable bonds is 5. The fourth-order valence-corrected chi connectivity index (χ4v) is 4.00. The van der Waals surface area contributed by atoms with E-state index in [1.807, 2.05) is 49.4 Å². The number of aromatic nitrogens is 5. The molecule has 0 aliphatic carbocycles. The van der Waals surface area contributed by atoms with E-state index in [0.717, 1.165) is 24.0 Å². The summed E-state index contributed by atoms with van der Waals surface area (Å²) >= 11 is 0. The fraction of sp³-hybridized carbons (Fsp3) is 0.261. The molecule has 9 heteroatoms. The van der Waals surface area contributed by atoms with Crippen LogP contribution in [0.25, 0.3) is 17.1 Å². The van der Waals surface area contributed by atoms with E-state index in [2.05, 4.69) is 20.4 Å². The number of hydrogen-bond donors (Lipinski definition) is 0. The molecular formula is C23H22N6O3. The van der Waals surface area contributed by atoms with Crippen LogP contribution in [0.3, 0.4) is 0 Å². The molecule has 4 aromatic rings. The number of amides is 1. The van der Waals surface area contributed by atoms with Crippen LogP contribution in [0.1, 0.15) is 40.7 Å². The molecule has 1 amide bonds. The first-order chi connectivity index (χ1) is 15.6. The predicted molar refractivity (Wildman–Crippen MR) is 115 cm³/mol. The van der Waals surface area contributed by atoms with Crippen LogP contribution in [0.15, 0.2) is 59.3 Å². The van der Waals surface area contributed by atoms with Gasteiger partial charge in [0.1, 0.15) is 11.8 Å². The summed E-state index contributed by atoms with van der Waals surface area (Å²) in [6, 6.07) is 12.8. The van der Waals surface area contributed by atoms with Crippen molar-refractivity contribution in [3.05, 3.63) is 71.9 Å². The van der Waals surface area contributed by atoms with Gasteiger partial charge in [-0.05, 0) is 50.1 Å². The number of nitrogens with zero attached hydrogens (tertiary/aromatic N) is 6. The first kappa shape index (κ1) is 19.9. The van der Waals surface area contributed by atoms with E-state index in [4.69, 9.17) is 9.15 Å². The molecule has 3 heterocycles. The van der Waals surface area contributed by atoms with Crippen molar-refractivity contribution in [3.8, 4) is 22.9 Å². The van der Waals surface area contributed by atoms with Gasteiger partial charge in [0.15, 0.2) is 0 Å². The number of carbonyl (C=O) groups is 1. The highest BCUT2D eigenvalue weighted by Crippen LogP contribution is 2.35. The van der Waals surface area contributed by atoms with Crippen molar-refractivity contribution in [2.75, 3.05) is 13.7 Å². The number of ether oxygens (including phenoxy) is 1. The van der Waals surface area contributed by atoms with E-state index in [9.17, 15) is 4.79 Å². The number of benzene rings is 2. The number of carbonyl (C=O) groups excluding carboxylic acids is 1. The molecule has 162 valence electrons. The monoisotopic (exact) mass is 430 g/mol. The number of methoxy groups -OCH3 is 1. The van der Waals surface area contributed by atoms with E-state index >= 15 is 0 Å². The maximum atomic E-state index is 13.6. The van der Waals surface area contributed by atoms with Crippen molar-refractivity contribution < 1.29 is 13.9 Å². The van der Waals surface area contributed by atoms with E-state index < -0.39 is 0 Å². The van der Waals surface area contributed by atoms with Crippen molar-refractivity contribution in [2.24, 2.45) is 0 Å². The van der Waals surface area contributed by atoms with Crippen molar-refractivity contribution in [1.82, 2.24) is 30.1 Å². The largest absolute Gasteiger partial charge is 0.497 e. The molecule has 2 aromatic heterocycles. The summed E-state index contributed by atoms with van der Waals surface area (Å²) in [5, 5.41) is 16.9. The van der Waals surface area contributed by atoms with Gasteiger partial charge in [-0.15, -0.1) is 10.2 Å². The molecule has 9 nitrogen and oxygen atoms in total. The zero-order valence-corrected chi connectivity index (χ0v) is 17.8. The molecule has 0 N–H and O–H groups in total. The lowest BCUT2D eigenvalue weighted by Gasteiger charge is -2.23. The predicted octanol–water partition coefficient (Wildman–Crippen LogP) is 3.61. The van der Waals surface area contributed by atoms with Crippen LogP contribution in [-0.4, -0.2) is 49.7 Å². The lowest BCUT2D eigenvalue weighted by atomic mass is 10.1. The summed E-state index contributed by atoms with van der Waals surface area (Å²) in [6.45, 7) is 2.57. The van der Waals surface area contributed by atoms with Crippen LogP contribution in [0.2, 0.25) is 0 Å². The van der Waals surface area contributed by atoms with Crippen LogP contribution in [0.5, 0.6) is 5.75 Å². The third kappa shape index (κ3) is 3.62. The summed E-state index contributed by atoms with van der Waals surface area (Å²) in [6.07, 6.45) is 4.79. The van der Waals surface area contributed by atoms with Crippen molar-refractivity contribution in [2.45, 2.75) is 25.8 Å². The summed E-state index contributed by atoms with van der Waals surface area (Å²) < 4.78 is 11.3.